The molecule has 0 aromatic carbocycles. The first kappa shape index (κ1) is 20.6. The monoisotopic (exact) mass is 421 g/mol. The highest BCUT2D eigenvalue weighted by Crippen LogP contribution is 2.25. The maximum Gasteiger partial charge on any atom is 0.252 e. The molecule has 0 unspecified atom stereocenters. The van der Waals surface area contributed by atoms with Crippen molar-refractivity contribution in [3.05, 3.63) is 71.4 Å². The third kappa shape index (κ3) is 4.93. The van der Waals surface area contributed by atoms with Crippen molar-refractivity contribution in [1.29, 1.82) is 0 Å². The van der Waals surface area contributed by atoms with Crippen LogP contribution in [0.4, 0.5) is 15.9 Å². The number of nitrogens with two attached hydrogens (primary N) is 1. The number of carbonyl (C=O) groups is 1. The molecule has 1 aliphatic rings. The summed E-state index contributed by atoms with van der Waals surface area (Å²) in [5, 5.41) is 11.4. The summed E-state index contributed by atoms with van der Waals surface area (Å²) >= 11 is 0. The van der Waals surface area contributed by atoms with Crippen molar-refractivity contribution in [3.63, 3.8) is 0 Å². The third-order valence-electron chi connectivity index (χ3n) is 5.30. The maximum absolute atomic E-state index is 15.0. The van der Waals surface area contributed by atoms with Crippen LogP contribution < -0.4 is 16.0 Å². The summed E-state index contributed by atoms with van der Waals surface area (Å²) in [6, 6.07) is 10.6. The molecule has 4 heterocycles. The number of primary amides is 1. The predicted octanol–water partition coefficient (Wildman–Crippen LogP) is 2.29. The van der Waals surface area contributed by atoms with Gasteiger partial charge in [0, 0.05) is 36.7 Å². The fourth-order valence-corrected chi connectivity index (χ4v) is 3.64. The van der Waals surface area contributed by atoms with E-state index in [1.54, 1.807) is 12.3 Å². The summed E-state index contributed by atoms with van der Waals surface area (Å²) in [7, 11) is 0. The van der Waals surface area contributed by atoms with E-state index in [0.717, 1.165) is 11.4 Å². The molecule has 3 N–H and O–H groups in total. The van der Waals surface area contributed by atoms with Gasteiger partial charge in [-0.15, -0.1) is 5.10 Å². The minimum atomic E-state index is -1.16. The Balaban J connectivity index is 1.49. The molecule has 9 heteroatoms. The van der Waals surface area contributed by atoms with E-state index in [2.05, 4.69) is 25.5 Å². The molecule has 31 heavy (non-hydrogen) atoms. The molecule has 1 fully saturated rings. The number of hydrogen-bond donors (Lipinski definition) is 2. The fraction of sp³-hybridized carbons (Fsp3) is 0.318. The summed E-state index contributed by atoms with van der Waals surface area (Å²) < 4.78 is 15.0. The number of nitrogens with one attached hydrogen (secondary N) is 1. The van der Waals surface area contributed by atoms with E-state index in [9.17, 15) is 4.79 Å². The second kappa shape index (κ2) is 9.03. The van der Waals surface area contributed by atoms with Gasteiger partial charge in [0.05, 0.1) is 29.5 Å². The Bertz CT molecular complexity index is 1050. The van der Waals surface area contributed by atoms with Crippen molar-refractivity contribution in [1.82, 2.24) is 20.2 Å². The molecule has 0 bridgehead atoms. The quantitative estimate of drug-likeness (QED) is 0.628. The van der Waals surface area contributed by atoms with Gasteiger partial charge in [0.15, 0.2) is 5.82 Å². The lowest BCUT2D eigenvalue weighted by molar-refractivity contribution is 0.100. The SMILES string of the molecule is Cc1ccc(N2CC[C@@H](Nc3cc(Cc4ccccn4)ncc3C(N)=O)[C@@H](F)C2)nn1. The van der Waals surface area contributed by atoms with Crippen LogP contribution in [0.25, 0.3) is 0 Å². The molecule has 1 saturated heterocycles. The van der Waals surface area contributed by atoms with Gasteiger partial charge in [-0.3, -0.25) is 14.8 Å². The number of pyridine rings is 2. The van der Waals surface area contributed by atoms with Crippen molar-refractivity contribution < 1.29 is 9.18 Å². The molecule has 1 aliphatic heterocycles. The number of piperidine rings is 1. The number of halogens is 1. The third-order valence-corrected chi connectivity index (χ3v) is 5.30. The summed E-state index contributed by atoms with van der Waals surface area (Å²) in [5.74, 6) is 0.0493. The number of amides is 1. The summed E-state index contributed by atoms with van der Waals surface area (Å²) in [6.45, 7) is 2.67. The van der Waals surface area contributed by atoms with Crippen molar-refractivity contribution in [3.8, 4) is 0 Å². The van der Waals surface area contributed by atoms with Crippen molar-refractivity contribution >= 4 is 17.4 Å². The van der Waals surface area contributed by atoms with Crippen LogP contribution in [0.15, 0.2) is 48.8 Å². The Morgan fingerprint density at radius 3 is 2.77 bits per heavy atom. The molecule has 0 aliphatic carbocycles. The maximum atomic E-state index is 15.0. The number of nitrogens with zero attached hydrogens (tertiary/aromatic N) is 5. The molecular formula is C22H24FN7O. The van der Waals surface area contributed by atoms with Crippen LogP contribution in [0.5, 0.6) is 0 Å². The number of aryl methyl sites for hydroxylation is 1. The zero-order valence-electron chi connectivity index (χ0n) is 17.2. The Hall–Kier alpha value is -3.62. The molecular weight excluding hydrogens is 397 g/mol. The highest BCUT2D eigenvalue weighted by atomic mass is 19.1. The van der Waals surface area contributed by atoms with E-state index in [4.69, 9.17) is 5.73 Å². The largest absolute Gasteiger partial charge is 0.378 e. The molecule has 1 amide bonds. The average Bonchev–Trinajstić information content (AvgIpc) is 2.76. The number of aromatic nitrogens is 4. The number of alkyl halides is 1. The number of anilines is 2. The van der Waals surface area contributed by atoms with Crippen molar-refractivity contribution in [2.75, 3.05) is 23.3 Å². The molecule has 8 nitrogen and oxygen atoms in total. The lowest BCUT2D eigenvalue weighted by Crippen LogP contribution is -2.48. The Kier molecular flexibility index (Phi) is 6.01. The van der Waals surface area contributed by atoms with E-state index in [1.807, 2.05) is 42.2 Å². The van der Waals surface area contributed by atoms with Crippen LogP contribution in [0.1, 0.15) is 33.9 Å². The molecule has 0 saturated carbocycles. The average molecular weight is 421 g/mol. The molecule has 0 spiro atoms. The zero-order valence-corrected chi connectivity index (χ0v) is 17.2. The number of rotatable bonds is 6. The van der Waals surface area contributed by atoms with Gasteiger partial charge >= 0.3 is 0 Å². The van der Waals surface area contributed by atoms with E-state index in [-0.39, 0.29) is 12.1 Å². The van der Waals surface area contributed by atoms with Crippen LogP contribution in [-0.4, -0.2) is 51.4 Å². The Morgan fingerprint density at radius 2 is 2.10 bits per heavy atom. The van der Waals surface area contributed by atoms with Crippen LogP contribution in [0, 0.1) is 6.92 Å². The molecule has 4 rings (SSSR count). The van der Waals surface area contributed by atoms with E-state index in [0.29, 0.717) is 36.6 Å². The molecule has 0 radical (unpaired) electrons. The molecule has 2 atom stereocenters. The highest BCUT2D eigenvalue weighted by Gasteiger charge is 2.31. The van der Waals surface area contributed by atoms with Crippen LogP contribution >= 0.6 is 0 Å². The smallest absolute Gasteiger partial charge is 0.252 e. The van der Waals surface area contributed by atoms with Gasteiger partial charge < -0.3 is 16.0 Å². The van der Waals surface area contributed by atoms with Gasteiger partial charge in [-0.1, -0.05) is 6.07 Å². The van der Waals surface area contributed by atoms with Gasteiger partial charge in [-0.2, -0.15) is 5.10 Å². The Labute approximate surface area is 179 Å². The van der Waals surface area contributed by atoms with Crippen molar-refractivity contribution in [2.45, 2.75) is 32.0 Å². The van der Waals surface area contributed by atoms with E-state index in [1.165, 1.54) is 6.20 Å². The molecule has 160 valence electrons. The summed E-state index contributed by atoms with van der Waals surface area (Å²) in [6.07, 6.45) is 3.02. The normalized spacial score (nSPS) is 18.6. The fourth-order valence-electron chi connectivity index (χ4n) is 3.64. The van der Waals surface area contributed by atoms with Crippen LogP contribution in [-0.2, 0) is 6.42 Å². The Morgan fingerprint density at radius 1 is 1.23 bits per heavy atom. The highest BCUT2D eigenvalue weighted by molar-refractivity contribution is 5.98. The minimum absolute atomic E-state index is 0.188. The van der Waals surface area contributed by atoms with Gasteiger partial charge in [0.1, 0.15) is 6.17 Å². The topological polar surface area (TPSA) is 110 Å². The van der Waals surface area contributed by atoms with Crippen LogP contribution in [0.3, 0.4) is 0 Å². The van der Waals surface area contributed by atoms with Gasteiger partial charge in [0.2, 0.25) is 0 Å². The summed E-state index contributed by atoms with van der Waals surface area (Å²) in [4.78, 5) is 22.4. The summed E-state index contributed by atoms with van der Waals surface area (Å²) in [5.41, 5.74) is 8.63. The number of hydrogen-bond acceptors (Lipinski definition) is 7. The van der Waals surface area contributed by atoms with Gasteiger partial charge in [-0.25, -0.2) is 4.39 Å². The van der Waals surface area contributed by atoms with Crippen LogP contribution in [0.2, 0.25) is 0 Å². The van der Waals surface area contributed by atoms with E-state index >= 15 is 4.39 Å². The van der Waals surface area contributed by atoms with Gasteiger partial charge in [0.25, 0.3) is 5.91 Å². The molecule has 3 aromatic rings. The standard InChI is InChI=1S/C22H24FN7O/c1-14-5-6-21(29-28-14)30-9-7-19(18(23)13-30)27-20-11-16(26-12-17(20)22(24)31)10-15-4-2-3-8-25-15/h2-6,8,11-12,18-19H,7,9-10,13H2,1H3,(H2,24,31)(H,26,27)/t18-,19+/m0/s1. The second-order valence-corrected chi connectivity index (χ2v) is 7.62. The second-order valence-electron chi connectivity index (χ2n) is 7.62. The first-order chi connectivity index (χ1) is 15.0. The minimum Gasteiger partial charge on any atom is -0.378 e. The lowest BCUT2D eigenvalue weighted by atomic mass is 10.0. The van der Waals surface area contributed by atoms with E-state index < -0.39 is 18.1 Å². The number of carbonyl (C=O) groups excluding carboxylic acids is 1. The van der Waals surface area contributed by atoms with Crippen molar-refractivity contribution in [2.24, 2.45) is 5.73 Å². The zero-order chi connectivity index (χ0) is 21.8. The van der Waals surface area contributed by atoms with Gasteiger partial charge in [-0.05, 0) is 43.7 Å². The predicted molar refractivity (Wildman–Crippen MR) is 116 cm³/mol. The first-order valence-electron chi connectivity index (χ1n) is 10.1. The first-order valence-corrected chi connectivity index (χ1v) is 10.1. The molecule has 3 aromatic heterocycles. The lowest BCUT2D eigenvalue weighted by Gasteiger charge is -2.36.